The van der Waals surface area contributed by atoms with Gasteiger partial charge in [-0.05, 0) is 12.8 Å². The fourth-order valence-corrected chi connectivity index (χ4v) is 2.13. The van der Waals surface area contributed by atoms with Crippen LogP contribution in [0, 0.1) is 0 Å². The second-order valence-corrected chi connectivity index (χ2v) is 4.34. The molecule has 0 aliphatic heterocycles. The van der Waals surface area contributed by atoms with Crippen LogP contribution < -0.4 is 0 Å². The van der Waals surface area contributed by atoms with E-state index in [1.807, 2.05) is 0 Å². The zero-order valence-corrected chi connectivity index (χ0v) is 8.53. The zero-order valence-electron chi connectivity index (χ0n) is 8.53. The standard InChI is InChI=1S/C11H16N2O/c1-11(4-2-3-5-11)10-12-6-9(8-14)7-13-10/h6-7,14H,2-5,8H2,1H3. The molecule has 14 heavy (non-hydrogen) atoms. The van der Waals surface area contributed by atoms with Crippen molar-refractivity contribution < 1.29 is 5.11 Å². The fraction of sp³-hybridized carbons (Fsp3) is 0.636. The molecular formula is C11H16N2O. The van der Waals surface area contributed by atoms with E-state index in [0.29, 0.717) is 0 Å². The first-order valence-corrected chi connectivity index (χ1v) is 5.17. The van der Waals surface area contributed by atoms with Gasteiger partial charge in [0.15, 0.2) is 0 Å². The van der Waals surface area contributed by atoms with Crippen LogP contribution in [-0.4, -0.2) is 15.1 Å². The minimum absolute atomic E-state index is 0.0248. The van der Waals surface area contributed by atoms with E-state index in [4.69, 9.17) is 5.11 Å². The highest BCUT2D eigenvalue weighted by Gasteiger charge is 2.32. The minimum atomic E-state index is 0.0248. The molecule has 2 rings (SSSR count). The van der Waals surface area contributed by atoms with Gasteiger partial charge in [-0.1, -0.05) is 19.8 Å². The maximum atomic E-state index is 8.88. The van der Waals surface area contributed by atoms with Crippen molar-refractivity contribution in [1.29, 1.82) is 0 Å². The maximum absolute atomic E-state index is 8.88. The van der Waals surface area contributed by atoms with Crippen LogP contribution in [0.5, 0.6) is 0 Å². The SMILES string of the molecule is CC1(c2ncc(CO)cn2)CCCC1. The number of hydrogen-bond acceptors (Lipinski definition) is 3. The predicted octanol–water partition coefficient (Wildman–Crippen LogP) is 1.80. The van der Waals surface area contributed by atoms with Gasteiger partial charge in [0.25, 0.3) is 0 Å². The summed E-state index contributed by atoms with van der Waals surface area (Å²) in [5.74, 6) is 0.937. The molecule has 0 radical (unpaired) electrons. The zero-order chi connectivity index (χ0) is 10.0. The van der Waals surface area contributed by atoms with Crippen molar-refractivity contribution in [3.63, 3.8) is 0 Å². The van der Waals surface area contributed by atoms with Crippen molar-refractivity contribution >= 4 is 0 Å². The molecule has 0 unspecified atom stereocenters. The first-order chi connectivity index (χ1) is 6.74. The van der Waals surface area contributed by atoms with E-state index in [0.717, 1.165) is 11.4 Å². The molecule has 1 aliphatic rings. The lowest BCUT2D eigenvalue weighted by molar-refractivity contribution is 0.280. The van der Waals surface area contributed by atoms with Crippen molar-refractivity contribution in [2.75, 3.05) is 0 Å². The van der Waals surface area contributed by atoms with Crippen molar-refractivity contribution in [3.05, 3.63) is 23.8 Å². The maximum Gasteiger partial charge on any atom is 0.134 e. The monoisotopic (exact) mass is 192 g/mol. The van der Waals surface area contributed by atoms with Crippen LogP contribution in [0.25, 0.3) is 0 Å². The second kappa shape index (κ2) is 3.65. The molecule has 1 N–H and O–H groups in total. The molecular weight excluding hydrogens is 176 g/mol. The summed E-state index contributed by atoms with van der Waals surface area (Å²) in [5.41, 5.74) is 0.962. The molecule has 76 valence electrons. The summed E-state index contributed by atoms with van der Waals surface area (Å²) in [7, 11) is 0. The topological polar surface area (TPSA) is 46.0 Å². The Bertz CT molecular complexity index is 302. The first-order valence-electron chi connectivity index (χ1n) is 5.17. The van der Waals surface area contributed by atoms with Gasteiger partial charge < -0.3 is 5.11 Å². The van der Waals surface area contributed by atoms with E-state index in [9.17, 15) is 0 Å². The summed E-state index contributed by atoms with van der Waals surface area (Å²) in [6.45, 7) is 2.25. The first kappa shape index (κ1) is 9.59. The summed E-state index contributed by atoms with van der Waals surface area (Å²) >= 11 is 0. The summed E-state index contributed by atoms with van der Waals surface area (Å²) in [6, 6.07) is 0. The number of aliphatic hydroxyl groups is 1. The summed E-state index contributed by atoms with van der Waals surface area (Å²) in [5, 5.41) is 8.88. The molecule has 1 aromatic heterocycles. The van der Waals surface area contributed by atoms with Gasteiger partial charge in [0, 0.05) is 23.4 Å². The molecule has 1 heterocycles. The van der Waals surface area contributed by atoms with Crippen molar-refractivity contribution in [3.8, 4) is 0 Å². The van der Waals surface area contributed by atoms with Gasteiger partial charge in [-0.2, -0.15) is 0 Å². The van der Waals surface area contributed by atoms with Gasteiger partial charge in [0.2, 0.25) is 0 Å². The highest BCUT2D eigenvalue weighted by Crippen LogP contribution is 2.38. The van der Waals surface area contributed by atoms with Gasteiger partial charge in [0.1, 0.15) is 5.82 Å². The third-order valence-electron chi connectivity index (χ3n) is 3.13. The van der Waals surface area contributed by atoms with Crippen molar-refractivity contribution in [2.24, 2.45) is 0 Å². The Morgan fingerprint density at radius 1 is 1.29 bits per heavy atom. The van der Waals surface area contributed by atoms with Crippen LogP contribution in [0.2, 0.25) is 0 Å². The van der Waals surface area contributed by atoms with Crippen LogP contribution in [0.1, 0.15) is 44.0 Å². The highest BCUT2D eigenvalue weighted by atomic mass is 16.3. The van der Waals surface area contributed by atoms with E-state index in [1.165, 1.54) is 25.7 Å². The molecule has 3 heteroatoms. The average molecular weight is 192 g/mol. The van der Waals surface area contributed by atoms with Crippen LogP contribution in [0.3, 0.4) is 0 Å². The van der Waals surface area contributed by atoms with E-state index in [-0.39, 0.29) is 12.0 Å². The normalized spacial score (nSPS) is 19.9. The van der Waals surface area contributed by atoms with Gasteiger partial charge in [-0.25, -0.2) is 9.97 Å². The largest absolute Gasteiger partial charge is 0.392 e. The van der Waals surface area contributed by atoms with Crippen LogP contribution in [0.15, 0.2) is 12.4 Å². The molecule has 1 fully saturated rings. The van der Waals surface area contributed by atoms with Gasteiger partial charge in [-0.3, -0.25) is 0 Å². The van der Waals surface area contributed by atoms with Gasteiger partial charge in [0.05, 0.1) is 6.61 Å². The molecule has 0 atom stereocenters. The molecule has 0 saturated heterocycles. The third kappa shape index (κ3) is 1.64. The smallest absolute Gasteiger partial charge is 0.134 e. The number of aliphatic hydroxyl groups excluding tert-OH is 1. The summed E-state index contributed by atoms with van der Waals surface area (Å²) in [6.07, 6.45) is 8.39. The Morgan fingerprint density at radius 3 is 2.36 bits per heavy atom. The predicted molar refractivity (Wildman–Crippen MR) is 53.8 cm³/mol. The van der Waals surface area contributed by atoms with Gasteiger partial charge >= 0.3 is 0 Å². The van der Waals surface area contributed by atoms with E-state index in [1.54, 1.807) is 12.4 Å². The number of aromatic nitrogens is 2. The van der Waals surface area contributed by atoms with Crippen LogP contribution in [-0.2, 0) is 12.0 Å². The molecule has 0 bridgehead atoms. The van der Waals surface area contributed by atoms with E-state index in [2.05, 4.69) is 16.9 Å². The van der Waals surface area contributed by atoms with Crippen LogP contribution in [0.4, 0.5) is 0 Å². The second-order valence-electron chi connectivity index (χ2n) is 4.34. The Kier molecular flexibility index (Phi) is 2.50. The minimum Gasteiger partial charge on any atom is -0.392 e. The molecule has 1 saturated carbocycles. The Morgan fingerprint density at radius 2 is 1.86 bits per heavy atom. The van der Waals surface area contributed by atoms with Crippen molar-refractivity contribution in [1.82, 2.24) is 9.97 Å². The lowest BCUT2D eigenvalue weighted by Gasteiger charge is -2.21. The molecule has 0 amide bonds. The Labute approximate surface area is 84.2 Å². The summed E-state index contributed by atoms with van der Waals surface area (Å²) < 4.78 is 0. The summed E-state index contributed by atoms with van der Waals surface area (Å²) in [4.78, 5) is 8.66. The molecule has 0 spiro atoms. The average Bonchev–Trinajstić information content (AvgIpc) is 2.67. The van der Waals surface area contributed by atoms with E-state index >= 15 is 0 Å². The van der Waals surface area contributed by atoms with Gasteiger partial charge in [-0.15, -0.1) is 0 Å². The van der Waals surface area contributed by atoms with E-state index < -0.39 is 0 Å². The number of hydrogen-bond donors (Lipinski definition) is 1. The Hall–Kier alpha value is -0.960. The molecule has 1 aromatic rings. The number of nitrogens with zero attached hydrogens (tertiary/aromatic N) is 2. The number of rotatable bonds is 2. The third-order valence-corrected chi connectivity index (χ3v) is 3.13. The lowest BCUT2D eigenvalue weighted by atomic mass is 9.88. The molecule has 1 aliphatic carbocycles. The highest BCUT2D eigenvalue weighted by molar-refractivity contribution is 5.12. The Balaban J connectivity index is 2.23. The quantitative estimate of drug-likeness (QED) is 0.777. The fourth-order valence-electron chi connectivity index (χ4n) is 2.13. The van der Waals surface area contributed by atoms with Crippen molar-refractivity contribution in [2.45, 2.75) is 44.6 Å². The van der Waals surface area contributed by atoms with Crippen LogP contribution >= 0.6 is 0 Å². The molecule has 3 nitrogen and oxygen atoms in total. The molecule has 0 aromatic carbocycles. The lowest BCUT2D eigenvalue weighted by Crippen LogP contribution is -2.20.